The largest absolute Gasteiger partial charge is 0.393 e. The first-order valence-corrected chi connectivity index (χ1v) is 6.72. The summed E-state index contributed by atoms with van der Waals surface area (Å²) in [5.74, 6) is 2.13. The second-order valence-electron chi connectivity index (χ2n) is 4.67. The fraction of sp³-hybridized carbons (Fsp3) is 0.636. The summed E-state index contributed by atoms with van der Waals surface area (Å²) in [4.78, 5) is 10.6. The molecular weight excluding hydrogens is 317 g/mol. The minimum Gasteiger partial charge on any atom is -0.393 e. The van der Waals surface area contributed by atoms with Crippen LogP contribution < -0.4 is 4.90 Å². The summed E-state index contributed by atoms with van der Waals surface area (Å²) >= 11 is 2.27. The number of aliphatic hydroxyl groups excluding tert-OH is 1. The van der Waals surface area contributed by atoms with Gasteiger partial charge in [-0.15, -0.1) is 0 Å². The Kier molecular flexibility index (Phi) is 2.75. The highest BCUT2D eigenvalue weighted by Gasteiger charge is 2.42. The van der Waals surface area contributed by atoms with E-state index in [9.17, 15) is 5.11 Å². The van der Waals surface area contributed by atoms with E-state index >= 15 is 0 Å². The molecule has 1 aromatic heterocycles. The Morgan fingerprint density at radius 1 is 1.38 bits per heavy atom. The van der Waals surface area contributed by atoms with E-state index in [2.05, 4.69) is 37.5 Å². The number of aliphatic hydroxyl groups is 1. The predicted molar refractivity (Wildman–Crippen MR) is 69.2 cm³/mol. The van der Waals surface area contributed by atoms with Crippen molar-refractivity contribution in [3.63, 3.8) is 0 Å². The van der Waals surface area contributed by atoms with Gasteiger partial charge in [0.05, 0.1) is 9.67 Å². The van der Waals surface area contributed by atoms with E-state index in [-0.39, 0.29) is 6.10 Å². The first-order valence-electron chi connectivity index (χ1n) is 5.64. The molecule has 0 bridgehead atoms. The summed E-state index contributed by atoms with van der Waals surface area (Å²) in [6.45, 7) is 1.98. The molecule has 1 N–H and O–H groups in total. The van der Waals surface area contributed by atoms with Crippen LogP contribution in [-0.2, 0) is 0 Å². The summed E-state index contributed by atoms with van der Waals surface area (Å²) < 4.78 is 1.09. The van der Waals surface area contributed by atoms with Gasteiger partial charge < -0.3 is 10.0 Å². The van der Waals surface area contributed by atoms with Crippen molar-refractivity contribution in [3.05, 3.63) is 16.1 Å². The highest BCUT2D eigenvalue weighted by atomic mass is 127. The number of aromatic nitrogens is 2. The Balaban J connectivity index is 1.82. The number of nitrogens with zero attached hydrogens (tertiary/aromatic N) is 3. The molecule has 5 heteroatoms. The number of hydrogen-bond acceptors (Lipinski definition) is 4. The third kappa shape index (κ3) is 1.69. The fourth-order valence-electron chi connectivity index (χ4n) is 2.95. The normalized spacial score (nSPS) is 33.1. The average Bonchev–Trinajstić information content (AvgIpc) is 2.82. The minimum absolute atomic E-state index is 0.102. The van der Waals surface area contributed by atoms with Crippen LogP contribution in [0.2, 0.25) is 0 Å². The molecule has 4 nitrogen and oxygen atoms in total. The number of rotatable bonds is 1. The molecule has 86 valence electrons. The minimum atomic E-state index is -0.102. The number of fused-ring (bicyclic) bond motifs is 1. The summed E-state index contributed by atoms with van der Waals surface area (Å²) in [5.41, 5.74) is 0. The lowest BCUT2D eigenvalue weighted by Gasteiger charge is -2.20. The van der Waals surface area contributed by atoms with Gasteiger partial charge in [-0.05, 0) is 41.4 Å². The molecule has 0 amide bonds. The fourth-order valence-corrected chi connectivity index (χ4v) is 3.59. The molecule has 1 aliphatic heterocycles. The van der Waals surface area contributed by atoms with Crippen molar-refractivity contribution < 1.29 is 5.11 Å². The number of anilines is 1. The van der Waals surface area contributed by atoms with E-state index in [1.165, 1.54) is 0 Å². The van der Waals surface area contributed by atoms with Crippen LogP contribution in [-0.4, -0.2) is 34.3 Å². The molecule has 2 heterocycles. The van der Waals surface area contributed by atoms with E-state index in [1.54, 1.807) is 6.33 Å². The highest BCUT2D eigenvalue weighted by molar-refractivity contribution is 14.1. The lowest BCUT2D eigenvalue weighted by Crippen LogP contribution is -2.25. The van der Waals surface area contributed by atoms with Crippen molar-refractivity contribution in [3.8, 4) is 0 Å². The molecule has 1 saturated carbocycles. The summed E-state index contributed by atoms with van der Waals surface area (Å²) in [7, 11) is 0. The van der Waals surface area contributed by atoms with Gasteiger partial charge in [-0.3, -0.25) is 0 Å². The van der Waals surface area contributed by atoms with E-state index in [1.807, 2.05) is 6.20 Å². The first-order chi connectivity index (χ1) is 7.75. The standard InChI is InChI=1S/C11H14IN3O/c12-9-3-13-6-14-11(9)15-4-7-1-2-10(16)8(7)5-15/h3,6-8,10,16H,1-2,4-5H2. The monoisotopic (exact) mass is 331 g/mol. The lowest BCUT2D eigenvalue weighted by molar-refractivity contribution is 0.133. The van der Waals surface area contributed by atoms with Gasteiger partial charge in [0, 0.05) is 25.2 Å². The van der Waals surface area contributed by atoms with Crippen molar-refractivity contribution in [2.45, 2.75) is 18.9 Å². The number of halogens is 1. The second-order valence-corrected chi connectivity index (χ2v) is 5.83. The Hall–Kier alpha value is -0.430. The zero-order chi connectivity index (χ0) is 11.1. The smallest absolute Gasteiger partial charge is 0.145 e. The van der Waals surface area contributed by atoms with Crippen LogP contribution in [0.4, 0.5) is 5.82 Å². The molecular formula is C11H14IN3O. The summed E-state index contributed by atoms with van der Waals surface area (Å²) in [6.07, 6.45) is 5.47. The molecule has 0 radical (unpaired) electrons. The van der Waals surface area contributed by atoms with Gasteiger partial charge in [-0.1, -0.05) is 0 Å². The van der Waals surface area contributed by atoms with Gasteiger partial charge in [0.2, 0.25) is 0 Å². The molecule has 1 aliphatic carbocycles. The maximum atomic E-state index is 9.87. The summed E-state index contributed by atoms with van der Waals surface area (Å²) in [6, 6.07) is 0. The lowest BCUT2D eigenvalue weighted by atomic mass is 10.00. The van der Waals surface area contributed by atoms with Crippen LogP contribution >= 0.6 is 22.6 Å². The highest BCUT2D eigenvalue weighted by Crippen LogP contribution is 2.39. The maximum Gasteiger partial charge on any atom is 0.145 e. The maximum absolute atomic E-state index is 9.87. The Labute approximate surface area is 108 Å². The molecule has 3 unspecified atom stereocenters. The van der Waals surface area contributed by atoms with Crippen LogP contribution in [0, 0.1) is 15.4 Å². The zero-order valence-corrected chi connectivity index (χ0v) is 11.0. The third-order valence-electron chi connectivity index (χ3n) is 3.77. The molecule has 2 aliphatic rings. The van der Waals surface area contributed by atoms with Crippen molar-refractivity contribution >= 4 is 28.4 Å². The van der Waals surface area contributed by atoms with Crippen molar-refractivity contribution in [2.75, 3.05) is 18.0 Å². The van der Waals surface area contributed by atoms with Gasteiger partial charge >= 0.3 is 0 Å². The van der Waals surface area contributed by atoms with Gasteiger partial charge in [0.1, 0.15) is 12.1 Å². The van der Waals surface area contributed by atoms with Gasteiger partial charge in [-0.2, -0.15) is 0 Å². The van der Waals surface area contributed by atoms with Crippen LogP contribution in [0.15, 0.2) is 12.5 Å². The van der Waals surface area contributed by atoms with Gasteiger partial charge in [0.15, 0.2) is 0 Å². The molecule has 0 spiro atoms. The molecule has 1 saturated heterocycles. The van der Waals surface area contributed by atoms with Gasteiger partial charge in [0.25, 0.3) is 0 Å². The van der Waals surface area contributed by atoms with E-state index < -0.39 is 0 Å². The van der Waals surface area contributed by atoms with Crippen molar-refractivity contribution in [1.29, 1.82) is 0 Å². The quantitative estimate of drug-likeness (QED) is 0.788. The van der Waals surface area contributed by atoms with E-state index in [0.29, 0.717) is 11.8 Å². The molecule has 1 aromatic rings. The zero-order valence-electron chi connectivity index (χ0n) is 8.88. The Morgan fingerprint density at radius 2 is 2.25 bits per heavy atom. The summed E-state index contributed by atoms with van der Waals surface area (Å²) in [5, 5.41) is 9.87. The van der Waals surface area contributed by atoms with E-state index in [4.69, 9.17) is 0 Å². The third-order valence-corrected chi connectivity index (χ3v) is 4.53. The van der Waals surface area contributed by atoms with Crippen LogP contribution in [0.3, 0.4) is 0 Å². The van der Waals surface area contributed by atoms with Crippen LogP contribution in [0.5, 0.6) is 0 Å². The Bertz CT molecular complexity index is 401. The second kappa shape index (κ2) is 4.10. The predicted octanol–water partition coefficient (Wildman–Crippen LogP) is 1.29. The molecule has 2 fully saturated rings. The Morgan fingerprint density at radius 3 is 3.00 bits per heavy atom. The topological polar surface area (TPSA) is 49.2 Å². The van der Waals surface area contributed by atoms with Crippen LogP contribution in [0.25, 0.3) is 0 Å². The molecule has 3 rings (SSSR count). The SMILES string of the molecule is OC1CCC2CN(c3ncncc3I)CC12. The van der Waals surface area contributed by atoms with Gasteiger partial charge in [-0.25, -0.2) is 9.97 Å². The first kappa shape index (κ1) is 10.7. The van der Waals surface area contributed by atoms with Crippen molar-refractivity contribution in [2.24, 2.45) is 11.8 Å². The van der Waals surface area contributed by atoms with Crippen LogP contribution in [0.1, 0.15) is 12.8 Å². The van der Waals surface area contributed by atoms with E-state index in [0.717, 1.165) is 35.3 Å². The molecule has 3 atom stereocenters. The van der Waals surface area contributed by atoms with Crippen molar-refractivity contribution in [1.82, 2.24) is 9.97 Å². The molecule has 16 heavy (non-hydrogen) atoms. The number of hydrogen-bond donors (Lipinski definition) is 1. The molecule has 0 aromatic carbocycles. The average molecular weight is 331 g/mol.